The SMILES string of the molecule is CCOc1ccccc1Nc1nccc(Nc2cc(Cl)ccc2C)n1. The van der Waals surface area contributed by atoms with Gasteiger partial charge in [-0.15, -0.1) is 0 Å². The fourth-order valence-electron chi connectivity index (χ4n) is 2.33. The summed E-state index contributed by atoms with van der Waals surface area (Å²) in [6.07, 6.45) is 1.70. The third-order valence-corrected chi connectivity index (χ3v) is 3.79. The van der Waals surface area contributed by atoms with Crippen molar-refractivity contribution in [1.29, 1.82) is 0 Å². The van der Waals surface area contributed by atoms with Gasteiger partial charge in [-0.05, 0) is 49.7 Å². The van der Waals surface area contributed by atoms with Gasteiger partial charge >= 0.3 is 0 Å². The summed E-state index contributed by atoms with van der Waals surface area (Å²) in [5.74, 6) is 1.92. The molecule has 0 atom stereocenters. The molecule has 1 heterocycles. The first-order valence-electron chi connectivity index (χ1n) is 8.01. The maximum Gasteiger partial charge on any atom is 0.229 e. The molecule has 1 aromatic heterocycles. The topological polar surface area (TPSA) is 59.1 Å². The molecule has 0 fully saturated rings. The predicted octanol–water partition coefficient (Wildman–Crippen LogP) is 5.32. The van der Waals surface area contributed by atoms with Crippen molar-refractivity contribution in [2.75, 3.05) is 17.2 Å². The molecule has 3 rings (SSSR count). The lowest BCUT2D eigenvalue weighted by molar-refractivity contribution is 0.342. The largest absolute Gasteiger partial charge is 0.492 e. The number of aryl methyl sites for hydroxylation is 1. The number of halogens is 1. The van der Waals surface area contributed by atoms with E-state index in [9.17, 15) is 0 Å². The molecule has 3 aromatic rings. The van der Waals surface area contributed by atoms with Gasteiger partial charge in [-0.25, -0.2) is 4.98 Å². The number of aromatic nitrogens is 2. The second-order valence-corrected chi connectivity index (χ2v) is 5.84. The molecule has 0 aliphatic carbocycles. The van der Waals surface area contributed by atoms with Gasteiger partial charge < -0.3 is 15.4 Å². The highest BCUT2D eigenvalue weighted by atomic mass is 35.5. The van der Waals surface area contributed by atoms with E-state index in [1.54, 1.807) is 12.3 Å². The van der Waals surface area contributed by atoms with Crippen LogP contribution in [-0.4, -0.2) is 16.6 Å². The van der Waals surface area contributed by atoms with Gasteiger partial charge in [-0.3, -0.25) is 0 Å². The molecule has 5 nitrogen and oxygen atoms in total. The predicted molar refractivity (Wildman–Crippen MR) is 102 cm³/mol. The Bertz CT molecular complexity index is 870. The molecular weight excluding hydrogens is 336 g/mol. The third kappa shape index (κ3) is 4.39. The van der Waals surface area contributed by atoms with Crippen molar-refractivity contribution in [3.8, 4) is 5.75 Å². The Kier molecular flexibility index (Phi) is 5.36. The summed E-state index contributed by atoms with van der Waals surface area (Å²) >= 11 is 6.07. The summed E-state index contributed by atoms with van der Waals surface area (Å²) in [5.41, 5.74) is 2.81. The van der Waals surface area contributed by atoms with Gasteiger partial charge in [0.15, 0.2) is 0 Å². The molecule has 0 bridgehead atoms. The van der Waals surface area contributed by atoms with Gasteiger partial charge in [0.2, 0.25) is 5.95 Å². The maximum absolute atomic E-state index is 6.07. The van der Waals surface area contributed by atoms with Gasteiger partial charge in [0, 0.05) is 16.9 Å². The highest BCUT2D eigenvalue weighted by molar-refractivity contribution is 6.30. The van der Waals surface area contributed by atoms with E-state index in [4.69, 9.17) is 16.3 Å². The van der Waals surface area contributed by atoms with Crippen LogP contribution in [0.1, 0.15) is 12.5 Å². The summed E-state index contributed by atoms with van der Waals surface area (Å²) < 4.78 is 5.62. The van der Waals surface area contributed by atoms with E-state index < -0.39 is 0 Å². The number of nitrogens with one attached hydrogen (secondary N) is 2. The smallest absolute Gasteiger partial charge is 0.229 e. The monoisotopic (exact) mass is 354 g/mol. The van der Waals surface area contributed by atoms with E-state index in [1.165, 1.54) is 0 Å². The van der Waals surface area contributed by atoms with Gasteiger partial charge in [-0.2, -0.15) is 4.98 Å². The first kappa shape index (κ1) is 17.0. The van der Waals surface area contributed by atoms with Crippen molar-refractivity contribution >= 4 is 34.7 Å². The van der Waals surface area contributed by atoms with Crippen molar-refractivity contribution < 1.29 is 4.74 Å². The highest BCUT2D eigenvalue weighted by Gasteiger charge is 2.06. The average Bonchev–Trinajstić information content (AvgIpc) is 2.60. The van der Waals surface area contributed by atoms with Crippen LogP contribution >= 0.6 is 11.6 Å². The van der Waals surface area contributed by atoms with Crippen molar-refractivity contribution in [2.24, 2.45) is 0 Å². The molecule has 2 N–H and O–H groups in total. The van der Waals surface area contributed by atoms with Crippen LogP contribution in [0.15, 0.2) is 54.7 Å². The normalized spacial score (nSPS) is 10.4. The molecule has 0 saturated heterocycles. The lowest BCUT2D eigenvalue weighted by Gasteiger charge is -2.13. The van der Waals surface area contributed by atoms with Crippen LogP contribution in [-0.2, 0) is 0 Å². The van der Waals surface area contributed by atoms with Crippen LogP contribution in [0.4, 0.5) is 23.1 Å². The molecule has 0 radical (unpaired) electrons. The zero-order valence-corrected chi connectivity index (χ0v) is 14.8. The Hall–Kier alpha value is -2.79. The number of benzene rings is 2. The Morgan fingerprint density at radius 2 is 1.88 bits per heavy atom. The molecular formula is C19H19ClN4O. The van der Waals surface area contributed by atoms with Gasteiger partial charge in [0.1, 0.15) is 11.6 Å². The molecule has 6 heteroatoms. The quantitative estimate of drug-likeness (QED) is 0.627. The Balaban J connectivity index is 1.81. The number of hydrogen-bond acceptors (Lipinski definition) is 5. The minimum atomic E-state index is 0.483. The van der Waals surface area contributed by atoms with Crippen LogP contribution in [0.3, 0.4) is 0 Å². The summed E-state index contributed by atoms with van der Waals surface area (Å²) in [5, 5.41) is 7.14. The van der Waals surface area contributed by atoms with Gasteiger partial charge in [-0.1, -0.05) is 29.8 Å². The number of hydrogen-bond donors (Lipinski definition) is 2. The number of anilines is 4. The van der Waals surface area contributed by atoms with Crippen LogP contribution in [0.25, 0.3) is 0 Å². The molecule has 0 saturated carbocycles. The Labute approximate surface area is 152 Å². The molecule has 25 heavy (non-hydrogen) atoms. The summed E-state index contributed by atoms with van der Waals surface area (Å²) in [6.45, 7) is 4.55. The van der Waals surface area contributed by atoms with E-state index in [2.05, 4.69) is 20.6 Å². The minimum absolute atomic E-state index is 0.483. The number of nitrogens with zero attached hydrogens (tertiary/aromatic N) is 2. The molecule has 128 valence electrons. The maximum atomic E-state index is 6.07. The fourth-order valence-corrected chi connectivity index (χ4v) is 2.50. The molecule has 2 aromatic carbocycles. The number of rotatable bonds is 6. The van der Waals surface area contributed by atoms with Crippen molar-refractivity contribution in [2.45, 2.75) is 13.8 Å². The van der Waals surface area contributed by atoms with Crippen LogP contribution in [0.2, 0.25) is 5.02 Å². The van der Waals surface area contributed by atoms with Crippen molar-refractivity contribution in [3.63, 3.8) is 0 Å². The van der Waals surface area contributed by atoms with Crippen LogP contribution in [0.5, 0.6) is 5.75 Å². The second kappa shape index (κ2) is 7.85. The second-order valence-electron chi connectivity index (χ2n) is 5.40. The summed E-state index contributed by atoms with van der Waals surface area (Å²) in [7, 11) is 0. The molecule has 0 amide bonds. The number of para-hydroxylation sites is 2. The van der Waals surface area contributed by atoms with Crippen molar-refractivity contribution in [3.05, 3.63) is 65.3 Å². The first-order valence-corrected chi connectivity index (χ1v) is 8.38. The van der Waals surface area contributed by atoms with Crippen molar-refractivity contribution in [1.82, 2.24) is 9.97 Å². The Morgan fingerprint density at radius 3 is 2.72 bits per heavy atom. The summed E-state index contributed by atoms with van der Waals surface area (Å²) in [4.78, 5) is 8.78. The Morgan fingerprint density at radius 1 is 1.04 bits per heavy atom. The van der Waals surface area contributed by atoms with Gasteiger partial charge in [0.05, 0.1) is 12.3 Å². The summed E-state index contributed by atoms with van der Waals surface area (Å²) in [6, 6.07) is 15.2. The lowest BCUT2D eigenvalue weighted by Crippen LogP contribution is -2.03. The molecule has 0 spiro atoms. The zero-order valence-electron chi connectivity index (χ0n) is 14.1. The van der Waals surface area contributed by atoms with E-state index in [-0.39, 0.29) is 0 Å². The van der Waals surface area contributed by atoms with Crippen LogP contribution < -0.4 is 15.4 Å². The lowest BCUT2D eigenvalue weighted by atomic mass is 10.2. The standard InChI is InChI=1S/C19H19ClN4O/c1-3-25-17-7-5-4-6-15(17)23-19-21-11-10-18(24-19)22-16-12-14(20)9-8-13(16)2/h4-12H,3H2,1-2H3,(H2,21,22,23,24). The van der Waals surface area contributed by atoms with E-state index in [0.29, 0.717) is 23.4 Å². The van der Waals surface area contributed by atoms with Gasteiger partial charge in [0.25, 0.3) is 0 Å². The fraction of sp³-hybridized carbons (Fsp3) is 0.158. The first-order chi connectivity index (χ1) is 12.2. The number of ether oxygens (including phenoxy) is 1. The molecule has 0 unspecified atom stereocenters. The molecule has 0 aliphatic rings. The zero-order chi connectivity index (χ0) is 17.6. The molecule has 0 aliphatic heterocycles. The highest BCUT2D eigenvalue weighted by Crippen LogP contribution is 2.27. The van der Waals surface area contributed by atoms with E-state index >= 15 is 0 Å². The van der Waals surface area contributed by atoms with Crippen LogP contribution in [0, 0.1) is 6.92 Å². The van der Waals surface area contributed by atoms with E-state index in [1.807, 2.05) is 56.3 Å². The average molecular weight is 355 g/mol. The minimum Gasteiger partial charge on any atom is -0.492 e. The third-order valence-electron chi connectivity index (χ3n) is 3.55. The van der Waals surface area contributed by atoms with E-state index in [0.717, 1.165) is 22.7 Å².